The molecule has 2 aromatic carbocycles. The van der Waals surface area contributed by atoms with Crippen LogP contribution in [-0.2, 0) is 0 Å². The first-order valence-corrected chi connectivity index (χ1v) is 8.63. The maximum Gasteiger partial charge on any atom is 0.270 e. The van der Waals surface area contributed by atoms with E-state index in [1.807, 2.05) is 4.90 Å². The van der Waals surface area contributed by atoms with E-state index >= 15 is 0 Å². The lowest BCUT2D eigenvalue weighted by Crippen LogP contribution is -2.31. The molecule has 1 saturated heterocycles. The number of nitro groups is 1. The Bertz CT molecular complexity index is 854. The summed E-state index contributed by atoms with van der Waals surface area (Å²) in [5.41, 5.74) is 0.483. The first kappa shape index (κ1) is 18.1. The Labute approximate surface area is 154 Å². The van der Waals surface area contributed by atoms with Crippen LogP contribution in [0.1, 0.15) is 29.6 Å². The molecule has 0 saturated carbocycles. The van der Waals surface area contributed by atoms with Crippen molar-refractivity contribution in [2.45, 2.75) is 19.3 Å². The fourth-order valence-electron chi connectivity index (χ4n) is 3.01. The normalized spacial score (nSPS) is 14.2. The summed E-state index contributed by atoms with van der Waals surface area (Å²) in [5.74, 6) is -1.25. The molecule has 0 atom stereocenters. The van der Waals surface area contributed by atoms with Crippen molar-refractivity contribution >= 4 is 34.6 Å². The number of piperidine rings is 1. The molecular formula is C18H17ClFN3O3. The van der Waals surface area contributed by atoms with Gasteiger partial charge in [-0.3, -0.25) is 14.9 Å². The molecule has 1 aliphatic heterocycles. The molecule has 1 heterocycles. The number of carbonyl (C=O) groups is 1. The number of halogens is 2. The molecule has 1 fully saturated rings. The lowest BCUT2D eigenvalue weighted by atomic mass is 10.1. The van der Waals surface area contributed by atoms with Gasteiger partial charge in [0.05, 0.1) is 21.9 Å². The summed E-state index contributed by atoms with van der Waals surface area (Å²) in [6.45, 7) is 1.53. The molecule has 0 aliphatic carbocycles. The average Bonchev–Trinajstić information content (AvgIpc) is 2.65. The Morgan fingerprint density at radius 2 is 1.88 bits per heavy atom. The van der Waals surface area contributed by atoms with E-state index in [0.717, 1.165) is 38.4 Å². The van der Waals surface area contributed by atoms with Crippen LogP contribution in [0.25, 0.3) is 0 Å². The van der Waals surface area contributed by atoms with Gasteiger partial charge in [0, 0.05) is 30.2 Å². The first-order valence-electron chi connectivity index (χ1n) is 8.25. The van der Waals surface area contributed by atoms with E-state index in [-0.39, 0.29) is 22.0 Å². The third-order valence-corrected chi connectivity index (χ3v) is 4.54. The minimum absolute atomic E-state index is 0.0707. The smallest absolute Gasteiger partial charge is 0.270 e. The second kappa shape index (κ2) is 7.70. The van der Waals surface area contributed by atoms with E-state index in [9.17, 15) is 19.3 Å². The number of benzene rings is 2. The number of nitro benzene ring substituents is 1. The zero-order chi connectivity index (χ0) is 18.7. The number of hydrogen-bond acceptors (Lipinski definition) is 4. The molecule has 0 bridgehead atoms. The van der Waals surface area contributed by atoms with Crippen LogP contribution >= 0.6 is 11.6 Å². The third kappa shape index (κ3) is 3.94. The number of non-ortho nitro benzene ring substituents is 1. The first-order chi connectivity index (χ1) is 12.5. The van der Waals surface area contributed by atoms with Crippen molar-refractivity contribution in [1.29, 1.82) is 0 Å². The SMILES string of the molecule is O=C(Nc1cc(Cl)ccc1F)c1cc([N+](=O)[O-])ccc1N1CCCCC1. The van der Waals surface area contributed by atoms with Gasteiger partial charge in [0.25, 0.3) is 11.6 Å². The van der Waals surface area contributed by atoms with Gasteiger partial charge in [0.1, 0.15) is 5.82 Å². The maximum atomic E-state index is 13.9. The third-order valence-electron chi connectivity index (χ3n) is 4.31. The van der Waals surface area contributed by atoms with Gasteiger partial charge in [-0.15, -0.1) is 0 Å². The van der Waals surface area contributed by atoms with Gasteiger partial charge >= 0.3 is 0 Å². The molecule has 0 spiro atoms. The summed E-state index contributed by atoms with van der Waals surface area (Å²) in [7, 11) is 0. The molecule has 3 rings (SSSR count). The summed E-state index contributed by atoms with van der Waals surface area (Å²) >= 11 is 5.85. The van der Waals surface area contributed by atoms with Crippen molar-refractivity contribution in [1.82, 2.24) is 0 Å². The molecule has 136 valence electrons. The predicted molar refractivity (Wildman–Crippen MR) is 98.5 cm³/mol. The Hall–Kier alpha value is -2.67. The summed E-state index contributed by atoms with van der Waals surface area (Å²) < 4.78 is 13.9. The second-order valence-corrected chi connectivity index (χ2v) is 6.52. The lowest BCUT2D eigenvalue weighted by molar-refractivity contribution is -0.384. The van der Waals surface area contributed by atoms with Crippen molar-refractivity contribution in [2.24, 2.45) is 0 Å². The Balaban J connectivity index is 1.97. The quantitative estimate of drug-likeness (QED) is 0.622. The van der Waals surface area contributed by atoms with Gasteiger partial charge in [-0.2, -0.15) is 0 Å². The topological polar surface area (TPSA) is 75.5 Å². The number of rotatable bonds is 4. The Morgan fingerprint density at radius 3 is 2.58 bits per heavy atom. The van der Waals surface area contributed by atoms with Crippen LogP contribution in [0.4, 0.5) is 21.5 Å². The highest BCUT2D eigenvalue weighted by Gasteiger charge is 2.22. The molecule has 0 aromatic heterocycles. The van der Waals surface area contributed by atoms with Gasteiger partial charge in [-0.25, -0.2) is 4.39 Å². The van der Waals surface area contributed by atoms with E-state index < -0.39 is 16.6 Å². The average molecular weight is 378 g/mol. The predicted octanol–water partition coefficient (Wildman–Crippen LogP) is 4.63. The monoisotopic (exact) mass is 377 g/mol. The molecule has 0 unspecified atom stereocenters. The fraction of sp³-hybridized carbons (Fsp3) is 0.278. The van der Waals surface area contributed by atoms with E-state index in [2.05, 4.69) is 5.32 Å². The summed E-state index contributed by atoms with van der Waals surface area (Å²) in [5, 5.41) is 13.8. The highest BCUT2D eigenvalue weighted by molar-refractivity contribution is 6.31. The molecule has 1 N–H and O–H groups in total. The van der Waals surface area contributed by atoms with Crippen LogP contribution in [0, 0.1) is 15.9 Å². The zero-order valence-electron chi connectivity index (χ0n) is 13.9. The van der Waals surface area contributed by atoms with Crippen LogP contribution < -0.4 is 10.2 Å². The largest absolute Gasteiger partial charge is 0.371 e. The Morgan fingerprint density at radius 1 is 1.15 bits per heavy atom. The van der Waals surface area contributed by atoms with E-state index in [1.54, 1.807) is 6.07 Å². The van der Waals surface area contributed by atoms with Crippen molar-refractivity contribution in [3.8, 4) is 0 Å². The molecule has 6 nitrogen and oxygen atoms in total. The zero-order valence-corrected chi connectivity index (χ0v) is 14.6. The molecule has 1 aliphatic rings. The summed E-state index contributed by atoms with van der Waals surface area (Å²) in [4.78, 5) is 25.3. The maximum absolute atomic E-state index is 13.9. The van der Waals surface area contributed by atoms with Crippen LogP contribution in [0.15, 0.2) is 36.4 Å². The van der Waals surface area contributed by atoms with Crippen LogP contribution in [0.5, 0.6) is 0 Å². The molecule has 2 aromatic rings. The summed E-state index contributed by atoms with van der Waals surface area (Å²) in [6.07, 6.45) is 3.08. The highest BCUT2D eigenvalue weighted by Crippen LogP contribution is 2.29. The minimum Gasteiger partial charge on any atom is -0.371 e. The van der Waals surface area contributed by atoms with Gasteiger partial charge in [0.2, 0.25) is 0 Å². The van der Waals surface area contributed by atoms with E-state index in [0.29, 0.717) is 5.69 Å². The van der Waals surface area contributed by atoms with Gasteiger partial charge in [-0.1, -0.05) is 11.6 Å². The van der Waals surface area contributed by atoms with E-state index in [1.165, 1.54) is 24.3 Å². The Kier molecular flexibility index (Phi) is 5.37. The number of hydrogen-bond donors (Lipinski definition) is 1. The van der Waals surface area contributed by atoms with Crippen LogP contribution in [-0.4, -0.2) is 23.9 Å². The molecule has 1 amide bonds. The summed E-state index contributed by atoms with van der Waals surface area (Å²) in [6, 6.07) is 8.00. The van der Waals surface area contributed by atoms with Crippen molar-refractivity contribution < 1.29 is 14.1 Å². The van der Waals surface area contributed by atoms with Crippen LogP contribution in [0.3, 0.4) is 0 Å². The second-order valence-electron chi connectivity index (χ2n) is 6.08. The van der Waals surface area contributed by atoms with Crippen molar-refractivity contribution in [2.75, 3.05) is 23.3 Å². The molecule has 26 heavy (non-hydrogen) atoms. The fourth-order valence-corrected chi connectivity index (χ4v) is 3.19. The van der Waals surface area contributed by atoms with E-state index in [4.69, 9.17) is 11.6 Å². The molecule has 0 radical (unpaired) electrons. The minimum atomic E-state index is -0.632. The number of anilines is 2. The highest BCUT2D eigenvalue weighted by atomic mass is 35.5. The van der Waals surface area contributed by atoms with Gasteiger partial charge in [-0.05, 0) is 43.5 Å². The van der Waals surface area contributed by atoms with Crippen LogP contribution in [0.2, 0.25) is 5.02 Å². The van der Waals surface area contributed by atoms with Gasteiger partial charge < -0.3 is 10.2 Å². The van der Waals surface area contributed by atoms with Crippen molar-refractivity contribution in [3.63, 3.8) is 0 Å². The number of carbonyl (C=O) groups excluding carboxylic acids is 1. The standard InChI is InChI=1S/C18H17ClFN3O3/c19-12-4-6-15(20)16(10-12)21-18(24)14-11-13(23(25)26)5-7-17(14)22-8-2-1-3-9-22/h4-7,10-11H,1-3,8-9H2,(H,21,24). The number of nitrogens with zero attached hydrogens (tertiary/aromatic N) is 2. The number of amides is 1. The molecular weight excluding hydrogens is 361 g/mol. The number of nitrogens with one attached hydrogen (secondary N) is 1. The van der Waals surface area contributed by atoms with Gasteiger partial charge in [0.15, 0.2) is 0 Å². The van der Waals surface area contributed by atoms with Crippen molar-refractivity contribution in [3.05, 3.63) is 62.9 Å². The lowest BCUT2D eigenvalue weighted by Gasteiger charge is -2.30. The molecule has 8 heteroatoms.